The molecule has 1 aromatic heterocycles. The molecule has 9 heteroatoms. The van der Waals surface area contributed by atoms with Crippen LogP contribution in [0.2, 0.25) is 10.0 Å². The van der Waals surface area contributed by atoms with Crippen LogP contribution in [0.4, 0.5) is 5.69 Å². The van der Waals surface area contributed by atoms with Crippen molar-refractivity contribution in [2.24, 2.45) is 0 Å². The summed E-state index contributed by atoms with van der Waals surface area (Å²) < 4.78 is 29.2. The van der Waals surface area contributed by atoms with Crippen LogP contribution in [0.15, 0.2) is 36.5 Å². The number of hydrogen-bond donors (Lipinski definition) is 3. The molecule has 3 aromatic rings. The summed E-state index contributed by atoms with van der Waals surface area (Å²) in [6, 6.07) is 8.21. The SMILES string of the molecule is O=S1(=O)Nc2c(cc(Cl)c3c(Cl)c[nH]c23)CN1Cc1cccc(O)c1. The van der Waals surface area contributed by atoms with E-state index in [0.29, 0.717) is 32.2 Å². The van der Waals surface area contributed by atoms with Gasteiger partial charge >= 0.3 is 10.2 Å². The van der Waals surface area contributed by atoms with E-state index in [1.165, 1.54) is 16.4 Å². The first kappa shape index (κ1) is 16.5. The van der Waals surface area contributed by atoms with E-state index in [1.807, 2.05) is 0 Å². The smallest absolute Gasteiger partial charge is 0.302 e. The average molecular weight is 398 g/mol. The lowest BCUT2D eigenvalue weighted by Crippen LogP contribution is -2.39. The number of benzene rings is 2. The Morgan fingerprint density at radius 1 is 1.20 bits per heavy atom. The summed E-state index contributed by atoms with van der Waals surface area (Å²) in [5, 5.41) is 11.1. The Morgan fingerprint density at radius 3 is 2.76 bits per heavy atom. The summed E-state index contributed by atoms with van der Waals surface area (Å²) in [6.07, 6.45) is 1.58. The summed E-state index contributed by atoms with van der Waals surface area (Å²) in [7, 11) is -3.75. The van der Waals surface area contributed by atoms with Gasteiger partial charge in [-0.25, -0.2) is 0 Å². The molecule has 0 fully saturated rings. The Hall–Kier alpha value is -1.93. The highest BCUT2D eigenvalue weighted by Crippen LogP contribution is 2.40. The lowest BCUT2D eigenvalue weighted by atomic mass is 10.1. The van der Waals surface area contributed by atoms with Gasteiger partial charge in [-0.1, -0.05) is 35.3 Å². The number of rotatable bonds is 2. The molecule has 4 rings (SSSR count). The fourth-order valence-electron chi connectivity index (χ4n) is 3.00. The normalized spacial score (nSPS) is 16.6. The summed E-state index contributed by atoms with van der Waals surface area (Å²) in [4.78, 5) is 2.97. The third-order valence-corrected chi connectivity index (χ3v) is 6.13. The van der Waals surface area contributed by atoms with Gasteiger partial charge in [0, 0.05) is 24.7 Å². The van der Waals surface area contributed by atoms with Crippen molar-refractivity contribution in [3.63, 3.8) is 0 Å². The molecule has 2 heterocycles. The number of halogens is 2. The fourth-order valence-corrected chi connectivity index (χ4v) is 4.87. The molecule has 25 heavy (non-hydrogen) atoms. The van der Waals surface area contributed by atoms with E-state index in [4.69, 9.17) is 23.2 Å². The maximum Gasteiger partial charge on any atom is 0.302 e. The molecule has 3 N–H and O–H groups in total. The van der Waals surface area contributed by atoms with E-state index in [2.05, 4.69) is 9.71 Å². The van der Waals surface area contributed by atoms with Crippen LogP contribution in [0.3, 0.4) is 0 Å². The first-order valence-electron chi connectivity index (χ1n) is 7.39. The van der Waals surface area contributed by atoms with E-state index in [9.17, 15) is 13.5 Å². The molecule has 1 aliphatic heterocycles. The predicted octanol–water partition coefficient (Wildman–Crippen LogP) is 3.85. The Kier molecular flexibility index (Phi) is 3.84. The second-order valence-electron chi connectivity index (χ2n) is 5.82. The van der Waals surface area contributed by atoms with E-state index in [1.54, 1.807) is 24.4 Å². The number of fused-ring (bicyclic) bond motifs is 3. The van der Waals surface area contributed by atoms with E-state index in [0.717, 1.165) is 5.56 Å². The largest absolute Gasteiger partial charge is 0.508 e. The minimum Gasteiger partial charge on any atom is -0.508 e. The molecule has 130 valence electrons. The van der Waals surface area contributed by atoms with Crippen molar-refractivity contribution in [1.29, 1.82) is 0 Å². The van der Waals surface area contributed by atoms with Crippen molar-refractivity contribution in [1.82, 2.24) is 9.29 Å². The maximum absolute atomic E-state index is 12.6. The number of aromatic hydroxyl groups is 1. The van der Waals surface area contributed by atoms with Crippen LogP contribution in [0.1, 0.15) is 11.1 Å². The molecule has 0 bridgehead atoms. The molecular weight excluding hydrogens is 385 g/mol. The third kappa shape index (κ3) is 2.83. The summed E-state index contributed by atoms with van der Waals surface area (Å²) in [5.41, 5.74) is 2.45. The monoisotopic (exact) mass is 397 g/mol. The number of anilines is 1. The molecule has 1 aliphatic rings. The topological polar surface area (TPSA) is 85.4 Å². The Morgan fingerprint density at radius 2 is 2.00 bits per heavy atom. The zero-order chi connectivity index (χ0) is 17.8. The van der Waals surface area contributed by atoms with Gasteiger partial charge in [-0.3, -0.25) is 4.72 Å². The second kappa shape index (κ2) is 5.81. The van der Waals surface area contributed by atoms with E-state index < -0.39 is 10.2 Å². The number of aromatic nitrogens is 1. The minimum atomic E-state index is -3.75. The number of phenolic OH excluding ortho intramolecular Hbond substituents is 1. The highest BCUT2D eigenvalue weighted by atomic mass is 35.5. The number of nitrogens with one attached hydrogen (secondary N) is 2. The van der Waals surface area contributed by atoms with Gasteiger partial charge in [-0.05, 0) is 29.3 Å². The number of hydrogen-bond acceptors (Lipinski definition) is 3. The standard InChI is InChI=1S/C16H13Cl2N3O3S/c17-12-5-10-8-21(7-9-2-1-3-11(22)4-9)25(23,24)20-15(10)16-14(12)13(18)6-19-16/h1-6,19-20,22H,7-8H2. The van der Waals surface area contributed by atoms with Crippen molar-refractivity contribution in [2.45, 2.75) is 13.1 Å². The Balaban J connectivity index is 1.78. The van der Waals surface area contributed by atoms with Gasteiger partial charge in [0.25, 0.3) is 0 Å². The van der Waals surface area contributed by atoms with Crippen LogP contribution in [0.5, 0.6) is 5.75 Å². The second-order valence-corrected chi connectivity index (χ2v) is 8.31. The number of phenols is 1. The zero-order valence-electron chi connectivity index (χ0n) is 12.8. The van der Waals surface area contributed by atoms with E-state index >= 15 is 0 Å². The first-order chi connectivity index (χ1) is 11.8. The maximum atomic E-state index is 12.6. The molecule has 0 unspecified atom stereocenters. The van der Waals surface area contributed by atoms with Gasteiger partial charge in [0.05, 0.1) is 21.2 Å². The lowest BCUT2D eigenvalue weighted by Gasteiger charge is -2.29. The molecule has 6 nitrogen and oxygen atoms in total. The first-order valence-corrected chi connectivity index (χ1v) is 9.58. The van der Waals surface area contributed by atoms with Gasteiger partial charge in [0.1, 0.15) is 5.75 Å². The van der Waals surface area contributed by atoms with E-state index in [-0.39, 0.29) is 18.8 Å². The summed E-state index contributed by atoms with van der Waals surface area (Å²) in [5.74, 6) is 0.0889. The van der Waals surface area contributed by atoms with Crippen LogP contribution < -0.4 is 4.72 Å². The predicted molar refractivity (Wildman–Crippen MR) is 98.2 cm³/mol. The van der Waals surface area contributed by atoms with Crippen LogP contribution in [-0.2, 0) is 23.3 Å². The number of aromatic amines is 1. The van der Waals surface area contributed by atoms with Crippen molar-refractivity contribution in [3.05, 3.63) is 57.7 Å². The Bertz CT molecular complexity index is 1100. The van der Waals surface area contributed by atoms with Gasteiger partial charge in [0.2, 0.25) is 0 Å². The molecule has 0 saturated carbocycles. The minimum absolute atomic E-state index is 0.0889. The molecular formula is C16H13Cl2N3O3S. The molecule has 0 amide bonds. The zero-order valence-corrected chi connectivity index (χ0v) is 15.1. The quantitative estimate of drug-likeness (QED) is 0.613. The fraction of sp³-hybridized carbons (Fsp3) is 0.125. The molecule has 0 spiro atoms. The van der Waals surface area contributed by atoms with Crippen molar-refractivity contribution in [3.8, 4) is 5.75 Å². The van der Waals surface area contributed by atoms with Crippen molar-refractivity contribution >= 4 is 50.0 Å². The lowest BCUT2D eigenvalue weighted by molar-refractivity contribution is 0.399. The van der Waals surface area contributed by atoms with Gasteiger partial charge < -0.3 is 10.1 Å². The molecule has 0 radical (unpaired) electrons. The molecule has 0 atom stereocenters. The van der Waals surface area contributed by atoms with Crippen molar-refractivity contribution in [2.75, 3.05) is 4.72 Å². The van der Waals surface area contributed by atoms with Gasteiger partial charge in [0.15, 0.2) is 0 Å². The highest BCUT2D eigenvalue weighted by Gasteiger charge is 2.31. The third-order valence-electron chi connectivity index (χ3n) is 4.13. The molecule has 0 aliphatic carbocycles. The van der Waals surface area contributed by atoms with Crippen LogP contribution in [-0.4, -0.2) is 22.8 Å². The summed E-state index contributed by atoms with van der Waals surface area (Å²) in [6.45, 7) is 0.289. The van der Waals surface area contributed by atoms with Crippen LogP contribution in [0, 0.1) is 0 Å². The summed E-state index contributed by atoms with van der Waals surface area (Å²) >= 11 is 12.4. The van der Waals surface area contributed by atoms with Crippen LogP contribution in [0.25, 0.3) is 10.9 Å². The molecule has 0 saturated heterocycles. The average Bonchev–Trinajstić information content (AvgIpc) is 2.92. The van der Waals surface area contributed by atoms with Gasteiger partial charge in [-0.2, -0.15) is 12.7 Å². The highest BCUT2D eigenvalue weighted by molar-refractivity contribution is 7.90. The number of H-pyrrole nitrogens is 1. The van der Waals surface area contributed by atoms with Gasteiger partial charge in [-0.15, -0.1) is 0 Å². The Labute approximate surface area is 154 Å². The number of nitrogens with zero attached hydrogens (tertiary/aromatic N) is 1. The molecule has 2 aromatic carbocycles. The van der Waals surface area contributed by atoms with Crippen LogP contribution >= 0.6 is 23.2 Å². The van der Waals surface area contributed by atoms with Crippen molar-refractivity contribution < 1.29 is 13.5 Å².